The molecule has 3 heteroatoms. The summed E-state index contributed by atoms with van der Waals surface area (Å²) in [4.78, 5) is 11.8. The summed E-state index contributed by atoms with van der Waals surface area (Å²) in [6.07, 6.45) is 5.28. The molecular formula is C16H24N2O. The van der Waals surface area contributed by atoms with E-state index < -0.39 is 0 Å². The van der Waals surface area contributed by atoms with E-state index >= 15 is 0 Å². The topological polar surface area (TPSA) is 55.1 Å². The molecule has 0 saturated heterocycles. The molecule has 2 rings (SSSR count). The van der Waals surface area contributed by atoms with Crippen molar-refractivity contribution in [3.05, 3.63) is 29.8 Å². The maximum Gasteiger partial charge on any atom is 0.220 e. The van der Waals surface area contributed by atoms with Gasteiger partial charge in [0.1, 0.15) is 0 Å². The van der Waals surface area contributed by atoms with Gasteiger partial charge in [-0.3, -0.25) is 4.79 Å². The summed E-state index contributed by atoms with van der Waals surface area (Å²) in [6, 6.07) is 7.83. The molecule has 2 unspecified atom stereocenters. The van der Waals surface area contributed by atoms with Crippen LogP contribution in [0.3, 0.4) is 0 Å². The van der Waals surface area contributed by atoms with Crippen LogP contribution in [0.4, 0.5) is 5.69 Å². The second-order valence-corrected chi connectivity index (χ2v) is 5.83. The quantitative estimate of drug-likeness (QED) is 0.800. The van der Waals surface area contributed by atoms with Crippen LogP contribution < -0.4 is 11.1 Å². The molecule has 0 aromatic heterocycles. The first kappa shape index (κ1) is 13.9. The zero-order valence-corrected chi connectivity index (χ0v) is 11.7. The minimum atomic E-state index is 0.203. The second kappa shape index (κ2) is 6.60. The summed E-state index contributed by atoms with van der Waals surface area (Å²) < 4.78 is 0. The van der Waals surface area contributed by atoms with Crippen LogP contribution in [0, 0.1) is 11.8 Å². The van der Waals surface area contributed by atoms with Crippen LogP contribution >= 0.6 is 0 Å². The first-order valence-electron chi connectivity index (χ1n) is 7.24. The van der Waals surface area contributed by atoms with Crippen molar-refractivity contribution in [1.82, 2.24) is 5.32 Å². The first-order valence-corrected chi connectivity index (χ1v) is 7.24. The van der Waals surface area contributed by atoms with Crippen molar-refractivity contribution >= 4 is 11.6 Å². The van der Waals surface area contributed by atoms with E-state index in [9.17, 15) is 4.79 Å². The lowest BCUT2D eigenvalue weighted by atomic mass is 10.0. The molecule has 0 radical (unpaired) electrons. The highest BCUT2D eigenvalue weighted by Gasteiger charge is 2.23. The Hall–Kier alpha value is -1.51. The Labute approximate surface area is 115 Å². The number of rotatable bonds is 5. The highest BCUT2D eigenvalue weighted by atomic mass is 16.1. The summed E-state index contributed by atoms with van der Waals surface area (Å²) >= 11 is 0. The molecule has 3 N–H and O–H groups in total. The molecule has 1 aliphatic carbocycles. The molecule has 1 aromatic carbocycles. The Morgan fingerprint density at radius 3 is 2.68 bits per heavy atom. The van der Waals surface area contributed by atoms with Crippen molar-refractivity contribution in [3.63, 3.8) is 0 Å². The average Bonchev–Trinajstić information content (AvgIpc) is 2.77. The van der Waals surface area contributed by atoms with Gasteiger partial charge in [-0.1, -0.05) is 25.5 Å². The average molecular weight is 260 g/mol. The number of carbonyl (C=O) groups excluding carboxylic acids is 1. The number of hydrogen-bond acceptors (Lipinski definition) is 2. The van der Waals surface area contributed by atoms with E-state index in [4.69, 9.17) is 5.73 Å². The molecule has 1 amide bonds. The van der Waals surface area contributed by atoms with Crippen LogP contribution in [0.5, 0.6) is 0 Å². The number of anilines is 1. The summed E-state index contributed by atoms with van der Waals surface area (Å²) in [6.45, 7) is 2.99. The lowest BCUT2D eigenvalue weighted by Gasteiger charge is -2.10. The second-order valence-electron chi connectivity index (χ2n) is 5.83. The van der Waals surface area contributed by atoms with Gasteiger partial charge in [0, 0.05) is 18.7 Å². The van der Waals surface area contributed by atoms with Gasteiger partial charge in [0.2, 0.25) is 5.91 Å². The van der Waals surface area contributed by atoms with Crippen molar-refractivity contribution in [2.75, 3.05) is 12.3 Å². The van der Waals surface area contributed by atoms with Crippen LogP contribution in [-0.4, -0.2) is 12.5 Å². The molecule has 1 saturated carbocycles. The number of carbonyl (C=O) groups is 1. The van der Waals surface area contributed by atoms with Crippen LogP contribution in [0.15, 0.2) is 24.3 Å². The van der Waals surface area contributed by atoms with Gasteiger partial charge in [-0.15, -0.1) is 0 Å². The summed E-state index contributed by atoms with van der Waals surface area (Å²) in [5.74, 6) is 1.61. The maximum absolute atomic E-state index is 11.8. The van der Waals surface area contributed by atoms with Gasteiger partial charge < -0.3 is 11.1 Å². The molecule has 0 aliphatic heterocycles. The van der Waals surface area contributed by atoms with E-state index in [0.717, 1.165) is 18.0 Å². The third-order valence-corrected chi connectivity index (χ3v) is 3.99. The van der Waals surface area contributed by atoms with Crippen molar-refractivity contribution in [1.29, 1.82) is 0 Å². The summed E-state index contributed by atoms with van der Waals surface area (Å²) in [5, 5.41) is 3.02. The Morgan fingerprint density at radius 2 is 2.05 bits per heavy atom. The van der Waals surface area contributed by atoms with E-state index in [0.29, 0.717) is 18.9 Å². The Bertz CT molecular complexity index is 413. The van der Waals surface area contributed by atoms with Gasteiger partial charge in [-0.05, 0) is 48.8 Å². The number of nitrogens with two attached hydrogens (primary N) is 1. The lowest BCUT2D eigenvalue weighted by molar-refractivity contribution is -0.121. The molecule has 19 heavy (non-hydrogen) atoms. The molecule has 3 nitrogen and oxygen atoms in total. The Balaban J connectivity index is 1.65. The van der Waals surface area contributed by atoms with Gasteiger partial charge in [0.15, 0.2) is 0 Å². The van der Waals surface area contributed by atoms with Crippen LogP contribution in [-0.2, 0) is 11.2 Å². The van der Waals surface area contributed by atoms with E-state index in [1.165, 1.54) is 24.8 Å². The molecule has 1 fully saturated rings. The highest BCUT2D eigenvalue weighted by molar-refractivity contribution is 5.76. The third kappa shape index (κ3) is 4.58. The monoisotopic (exact) mass is 260 g/mol. The molecule has 1 aliphatic rings. The van der Waals surface area contributed by atoms with Gasteiger partial charge in [0.05, 0.1) is 0 Å². The van der Waals surface area contributed by atoms with Gasteiger partial charge >= 0.3 is 0 Å². The van der Waals surface area contributed by atoms with Crippen LogP contribution in [0.2, 0.25) is 0 Å². The molecular weight excluding hydrogens is 236 g/mol. The third-order valence-electron chi connectivity index (χ3n) is 3.99. The smallest absolute Gasteiger partial charge is 0.220 e. The van der Waals surface area contributed by atoms with Gasteiger partial charge in [-0.25, -0.2) is 0 Å². The number of nitrogen functional groups attached to an aromatic ring is 1. The normalized spacial score (nSPS) is 22.4. The fourth-order valence-corrected chi connectivity index (χ4v) is 2.88. The fourth-order valence-electron chi connectivity index (χ4n) is 2.88. The molecule has 2 atom stereocenters. The van der Waals surface area contributed by atoms with E-state index in [-0.39, 0.29) is 5.91 Å². The molecule has 0 heterocycles. The SMILES string of the molecule is CC1CCC(CC(=O)NCCc2ccc(N)cc2)C1. The standard InChI is InChI=1S/C16H24N2O/c1-12-2-3-14(10-12)11-16(19)18-9-8-13-4-6-15(17)7-5-13/h4-7,12,14H,2-3,8-11,17H2,1H3,(H,18,19). The van der Waals surface area contributed by atoms with Crippen molar-refractivity contribution in [2.45, 2.75) is 39.0 Å². The minimum absolute atomic E-state index is 0.203. The highest BCUT2D eigenvalue weighted by Crippen LogP contribution is 2.32. The zero-order valence-electron chi connectivity index (χ0n) is 11.7. The maximum atomic E-state index is 11.8. The summed E-state index contributed by atoms with van der Waals surface area (Å²) in [5.41, 5.74) is 7.63. The Kier molecular flexibility index (Phi) is 4.83. The summed E-state index contributed by atoms with van der Waals surface area (Å²) in [7, 11) is 0. The molecule has 0 bridgehead atoms. The predicted octanol–water partition coefficient (Wildman–Crippen LogP) is 2.75. The molecule has 1 aromatic rings. The van der Waals surface area contributed by atoms with E-state index in [1.54, 1.807) is 0 Å². The molecule has 0 spiro atoms. The Morgan fingerprint density at radius 1 is 1.32 bits per heavy atom. The minimum Gasteiger partial charge on any atom is -0.399 e. The zero-order chi connectivity index (χ0) is 13.7. The van der Waals surface area contributed by atoms with Crippen molar-refractivity contribution in [2.24, 2.45) is 11.8 Å². The van der Waals surface area contributed by atoms with E-state index in [2.05, 4.69) is 12.2 Å². The number of nitrogens with one attached hydrogen (secondary N) is 1. The molecule has 104 valence electrons. The van der Waals surface area contributed by atoms with Crippen LogP contribution in [0.1, 0.15) is 38.2 Å². The van der Waals surface area contributed by atoms with Crippen molar-refractivity contribution in [3.8, 4) is 0 Å². The lowest BCUT2D eigenvalue weighted by Crippen LogP contribution is -2.27. The van der Waals surface area contributed by atoms with Gasteiger partial charge in [0.25, 0.3) is 0 Å². The van der Waals surface area contributed by atoms with Gasteiger partial charge in [-0.2, -0.15) is 0 Å². The van der Waals surface area contributed by atoms with E-state index in [1.807, 2.05) is 24.3 Å². The van der Waals surface area contributed by atoms with Crippen molar-refractivity contribution < 1.29 is 4.79 Å². The largest absolute Gasteiger partial charge is 0.399 e. The number of benzene rings is 1. The predicted molar refractivity (Wildman–Crippen MR) is 78.7 cm³/mol. The number of amides is 1. The fraction of sp³-hybridized carbons (Fsp3) is 0.562. The first-order chi connectivity index (χ1) is 9.13. The number of hydrogen-bond donors (Lipinski definition) is 2. The van der Waals surface area contributed by atoms with Crippen LogP contribution in [0.25, 0.3) is 0 Å².